The number of nitrogens with zero attached hydrogens (tertiary/aromatic N) is 5. The second-order valence-corrected chi connectivity index (χ2v) is 7.30. The van der Waals surface area contributed by atoms with Gasteiger partial charge in [0.2, 0.25) is 0 Å². The highest BCUT2D eigenvalue weighted by Gasteiger charge is 2.13. The average molecular weight is 401 g/mol. The molecule has 29 heavy (non-hydrogen) atoms. The number of hydrogen-bond acceptors (Lipinski definition) is 7. The first-order valence-corrected chi connectivity index (χ1v) is 9.85. The zero-order valence-electron chi connectivity index (χ0n) is 15.1. The lowest BCUT2D eigenvalue weighted by Crippen LogP contribution is -2.10. The summed E-state index contributed by atoms with van der Waals surface area (Å²) >= 11 is 1.34. The number of thioether (sulfide) groups is 1. The molecule has 5 aromatic rings. The van der Waals surface area contributed by atoms with E-state index in [9.17, 15) is 4.79 Å². The minimum atomic E-state index is -0.237. The molecule has 0 unspecified atom stereocenters. The van der Waals surface area contributed by atoms with Crippen molar-refractivity contribution in [3.63, 3.8) is 0 Å². The van der Waals surface area contributed by atoms with E-state index in [2.05, 4.69) is 25.0 Å². The third-order valence-corrected chi connectivity index (χ3v) is 5.30. The zero-order chi connectivity index (χ0) is 19.8. The number of aromatic amines is 1. The van der Waals surface area contributed by atoms with Crippen molar-refractivity contribution in [2.45, 2.75) is 10.9 Å². The van der Waals surface area contributed by atoms with Gasteiger partial charge in [-0.2, -0.15) is 5.10 Å². The summed E-state index contributed by atoms with van der Waals surface area (Å²) < 4.78 is 1.65. The van der Waals surface area contributed by atoms with Crippen molar-refractivity contribution in [1.29, 1.82) is 0 Å². The topological polar surface area (TPSA) is 115 Å². The number of aromatic nitrogens is 6. The average Bonchev–Trinajstić information content (AvgIpc) is 3.18. The van der Waals surface area contributed by atoms with Crippen LogP contribution < -0.4 is 11.3 Å². The SMILES string of the molecule is Nc1nc(CSc2nc3c(cnn3-c3ccccc3)c(=O)[nH]2)nc2ccccc12. The number of fused-ring (bicyclic) bond motifs is 2. The number of nitrogen functional groups attached to an aromatic ring is 1. The summed E-state index contributed by atoms with van der Waals surface area (Å²) in [5, 5.41) is 6.04. The number of nitrogens with one attached hydrogen (secondary N) is 1. The molecule has 2 aromatic carbocycles. The van der Waals surface area contributed by atoms with Gasteiger partial charge in [0, 0.05) is 5.39 Å². The first kappa shape index (κ1) is 17.4. The van der Waals surface area contributed by atoms with E-state index in [1.165, 1.54) is 18.0 Å². The van der Waals surface area contributed by atoms with Crippen LogP contribution in [0.25, 0.3) is 27.6 Å². The molecule has 0 amide bonds. The summed E-state index contributed by atoms with van der Waals surface area (Å²) in [6.45, 7) is 0. The molecular formula is C20H15N7OS. The monoisotopic (exact) mass is 401 g/mol. The number of anilines is 1. The van der Waals surface area contributed by atoms with E-state index >= 15 is 0 Å². The van der Waals surface area contributed by atoms with Crippen molar-refractivity contribution in [3.05, 3.63) is 77.0 Å². The molecule has 0 saturated carbocycles. The van der Waals surface area contributed by atoms with E-state index < -0.39 is 0 Å². The molecule has 0 radical (unpaired) electrons. The normalized spacial score (nSPS) is 11.3. The van der Waals surface area contributed by atoms with Crippen LogP contribution in [0.2, 0.25) is 0 Å². The maximum absolute atomic E-state index is 12.5. The molecule has 0 saturated heterocycles. The van der Waals surface area contributed by atoms with Crippen LogP contribution in [-0.2, 0) is 5.75 Å². The predicted octanol–water partition coefficient (Wildman–Crippen LogP) is 2.93. The quantitative estimate of drug-likeness (QED) is 0.351. The first-order valence-electron chi connectivity index (χ1n) is 8.86. The molecule has 3 aromatic heterocycles. The van der Waals surface area contributed by atoms with Crippen LogP contribution in [0.4, 0.5) is 5.82 Å². The van der Waals surface area contributed by atoms with Gasteiger partial charge >= 0.3 is 0 Å². The van der Waals surface area contributed by atoms with Gasteiger partial charge in [-0.3, -0.25) is 4.79 Å². The molecule has 0 aliphatic rings. The highest BCUT2D eigenvalue weighted by molar-refractivity contribution is 7.98. The third kappa shape index (κ3) is 3.21. The molecule has 0 atom stereocenters. The predicted molar refractivity (Wildman–Crippen MR) is 113 cm³/mol. The van der Waals surface area contributed by atoms with E-state index in [4.69, 9.17) is 5.73 Å². The molecule has 3 N–H and O–H groups in total. The fourth-order valence-corrected chi connectivity index (χ4v) is 3.78. The van der Waals surface area contributed by atoms with E-state index in [0.717, 1.165) is 16.6 Å². The highest BCUT2D eigenvalue weighted by atomic mass is 32.2. The molecule has 0 aliphatic heterocycles. The molecule has 3 heterocycles. The van der Waals surface area contributed by atoms with Crippen LogP contribution >= 0.6 is 11.8 Å². The Bertz CT molecular complexity index is 1390. The van der Waals surface area contributed by atoms with Gasteiger partial charge in [0.05, 0.1) is 23.2 Å². The molecule has 0 aliphatic carbocycles. The second kappa shape index (κ2) is 7.02. The van der Waals surface area contributed by atoms with Gasteiger partial charge in [-0.1, -0.05) is 42.1 Å². The Morgan fingerprint density at radius 2 is 1.76 bits per heavy atom. The van der Waals surface area contributed by atoms with Gasteiger partial charge in [0.1, 0.15) is 17.0 Å². The molecule has 8 nitrogen and oxygen atoms in total. The number of benzene rings is 2. The number of rotatable bonds is 4. The van der Waals surface area contributed by atoms with Crippen molar-refractivity contribution in [3.8, 4) is 5.69 Å². The van der Waals surface area contributed by atoms with Gasteiger partial charge in [0.15, 0.2) is 10.8 Å². The van der Waals surface area contributed by atoms with Crippen LogP contribution in [0.3, 0.4) is 0 Å². The Balaban J connectivity index is 1.49. The van der Waals surface area contributed by atoms with Crippen molar-refractivity contribution >= 4 is 39.5 Å². The van der Waals surface area contributed by atoms with E-state index in [-0.39, 0.29) is 5.56 Å². The largest absolute Gasteiger partial charge is 0.383 e. The van der Waals surface area contributed by atoms with Crippen molar-refractivity contribution in [2.24, 2.45) is 0 Å². The minimum absolute atomic E-state index is 0.237. The smallest absolute Gasteiger partial charge is 0.262 e. The summed E-state index contributed by atoms with van der Waals surface area (Å²) in [5.74, 6) is 1.43. The summed E-state index contributed by atoms with van der Waals surface area (Å²) in [6, 6.07) is 17.2. The molecule has 0 spiro atoms. The molecule has 5 rings (SSSR count). The van der Waals surface area contributed by atoms with Gasteiger partial charge in [-0.15, -0.1) is 0 Å². The molecular weight excluding hydrogens is 386 g/mol. The standard InChI is InChI=1S/C20H15N7OS/c21-17-13-8-4-5-9-15(13)23-16(24-17)11-29-20-25-18-14(19(28)26-20)10-22-27(18)12-6-2-1-3-7-12/h1-10H,11H2,(H2,21,23,24)(H,25,26,28). The maximum atomic E-state index is 12.5. The fourth-order valence-electron chi connectivity index (χ4n) is 3.07. The molecule has 9 heteroatoms. The third-order valence-electron chi connectivity index (χ3n) is 4.43. The van der Waals surface area contributed by atoms with Gasteiger partial charge in [-0.25, -0.2) is 19.6 Å². The second-order valence-electron chi connectivity index (χ2n) is 6.33. The fraction of sp³-hybridized carbons (Fsp3) is 0.0500. The van der Waals surface area contributed by atoms with Gasteiger partial charge in [0.25, 0.3) is 5.56 Å². The highest BCUT2D eigenvalue weighted by Crippen LogP contribution is 2.23. The zero-order valence-corrected chi connectivity index (χ0v) is 15.9. The van der Waals surface area contributed by atoms with Crippen molar-refractivity contribution in [1.82, 2.24) is 29.7 Å². The van der Waals surface area contributed by atoms with Crippen LogP contribution in [0, 0.1) is 0 Å². The summed E-state index contributed by atoms with van der Waals surface area (Å²) in [7, 11) is 0. The maximum Gasteiger partial charge on any atom is 0.262 e. The van der Waals surface area contributed by atoms with Crippen LogP contribution in [0.1, 0.15) is 5.82 Å². The van der Waals surface area contributed by atoms with Crippen molar-refractivity contribution < 1.29 is 0 Å². The molecule has 0 bridgehead atoms. The Morgan fingerprint density at radius 1 is 0.966 bits per heavy atom. The number of H-pyrrole nitrogens is 1. The van der Waals surface area contributed by atoms with E-state index in [1.807, 2.05) is 54.6 Å². The number of para-hydroxylation sites is 2. The summed E-state index contributed by atoms with van der Waals surface area (Å²) in [6.07, 6.45) is 1.52. The Labute approximate surface area is 168 Å². The van der Waals surface area contributed by atoms with Gasteiger partial charge < -0.3 is 10.7 Å². The summed E-state index contributed by atoms with van der Waals surface area (Å²) in [4.78, 5) is 28.8. The molecule has 142 valence electrons. The minimum Gasteiger partial charge on any atom is -0.383 e. The lowest BCUT2D eigenvalue weighted by atomic mass is 10.2. The Morgan fingerprint density at radius 3 is 2.62 bits per heavy atom. The number of nitrogens with two attached hydrogens (primary N) is 1. The van der Waals surface area contributed by atoms with Crippen LogP contribution in [0.15, 0.2) is 70.7 Å². The van der Waals surface area contributed by atoms with Crippen LogP contribution in [0.5, 0.6) is 0 Å². The molecule has 0 fully saturated rings. The lowest BCUT2D eigenvalue weighted by Gasteiger charge is -2.06. The van der Waals surface area contributed by atoms with E-state index in [1.54, 1.807) is 4.68 Å². The summed E-state index contributed by atoms with van der Waals surface area (Å²) in [5.41, 5.74) is 7.94. The van der Waals surface area contributed by atoms with Gasteiger partial charge in [-0.05, 0) is 24.3 Å². The lowest BCUT2D eigenvalue weighted by molar-refractivity contribution is 0.872. The van der Waals surface area contributed by atoms with E-state index in [0.29, 0.717) is 33.6 Å². The Hall–Kier alpha value is -3.72. The first-order chi connectivity index (χ1) is 14.2. The van der Waals surface area contributed by atoms with Crippen LogP contribution in [-0.4, -0.2) is 29.7 Å². The Kier molecular flexibility index (Phi) is 4.21. The number of hydrogen-bond donors (Lipinski definition) is 2. The van der Waals surface area contributed by atoms with Crippen molar-refractivity contribution in [2.75, 3.05) is 5.73 Å².